The van der Waals surface area contributed by atoms with E-state index in [1.807, 2.05) is 6.92 Å². The van der Waals surface area contributed by atoms with E-state index in [0.717, 1.165) is 12.5 Å². The molecule has 0 bridgehead atoms. The highest BCUT2D eigenvalue weighted by Crippen LogP contribution is 2.31. The molecule has 4 nitrogen and oxygen atoms in total. The van der Waals surface area contributed by atoms with Crippen molar-refractivity contribution in [1.82, 2.24) is 10.0 Å². The van der Waals surface area contributed by atoms with Gasteiger partial charge in [0.05, 0.1) is 4.90 Å². The summed E-state index contributed by atoms with van der Waals surface area (Å²) in [5.41, 5.74) is 0.569. The van der Waals surface area contributed by atoms with Crippen molar-refractivity contribution < 1.29 is 12.8 Å². The van der Waals surface area contributed by atoms with E-state index in [9.17, 15) is 12.8 Å². The number of halogens is 1. The zero-order valence-corrected chi connectivity index (χ0v) is 11.2. The van der Waals surface area contributed by atoms with Gasteiger partial charge in [-0.1, -0.05) is 13.0 Å². The Labute approximate surface area is 107 Å². The van der Waals surface area contributed by atoms with Gasteiger partial charge in [-0.25, -0.2) is 17.5 Å². The van der Waals surface area contributed by atoms with Crippen LogP contribution in [0.15, 0.2) is 23.1 Å². The lowest BCUT2D eigenvalue weighted by molar-refractivity contribution is 0.572. The maximum absolute atomic E-state index is 13.2. The van der Waals surface area contributed by atoms with Crippen LogP contribution in [0.25, 0.3) is 0 Å². The van der Waals surface area contributed by atoms with E-state index in [-0.39, 0.29) is 10.9 Å². The minimum atomic E-state index is -3.64. The van der Waals surface area contributed by atoms with Gasteiger partial charge in [0.15, 0.2) is 0 Å². The first-order valence-corrected chi connectivity index (χ1v) is 7.37. The normalized spacial score (nSPS) is 23.1. The van der Waals surface area contributed by atoms with Crippen molar-refractivity contribution in [2.24, 2.45) is 5.92 Å². The van der Waals surface area contributed by atoms with Crippen LogP contribution in [-0.4, -0.2) is 21.5 Å². The van der Waals surface area contributed by atoms with Crippen LogP contribution in [-0.2, 0) is 16.6 Å². The summed E-state index contributed by atoms with van der Waals surface area (Å²) in [4.78, 5) is 0.0240. The van der Waals surface area contributed by atoms with Crippen molar-refractivity contribution in [2.75, 3.05) is 7.05 Å². The van der Waals surface area contributed by atoms with E-state index in [4.69, 9.17) is 0 Å². The smallest absolute Gasteiger partial charge is 0.241 e. The molecule has 1 aromatic carbocycles. The van der Waals surface area contributed by atoms with E-state index >= 15 is 0 Å². The quantitative estimate of drug-likeness (QED) is 0.847. The minimum absolute atomic E-state index is 0.0132. The molecule has 1 aromatic rings. The number of sulfonamides is 1. The van der Waals surface area contributed by atoms with Crippen LogP contribution in [0.3, 0.4) is 0 Å². The van der Waals surface area contributed by atoms with Crippen molar-refractivity contribution in [2.45, 2.75) is 30.8 Å². The number of rotatable bonds is 5. The van der Waals surface area contributed by atoms with E-state index in [1.165, 1.54) is 12.1 Å². The fourth-order valence-electron chi connectivity index (χ4n) is 1.86. The molecule has 1 aliphatic carbocycles. The standard InChI is InChI=1S/C12H17FN2O2S/c1-8-5-11(8)15-18(16,17)12-6-10(13)4-3-9(12)7-14-2/h3-4,6,8,11,14-15H,5,7H2,1-2H3. The van der Waals surface area contributed by atoms with Crippen molar-refractivity contribution in [3.05, 3.63) is 29.6 Å². The zero-order chi connectivity index (χ0) is 13.3. The van der Waals surface area contributed by atoms with Crippen molar-refractivity contribution in [3.63, 3.8) is 0 Å². The van der Waals surface area contributed by atoms with Gasteiger partial charge in [-0.05, 0) is 37.1 Å². The van der Waals surface area contributed by atoms with Crippen LogP contribution < -0.4 is 10.0 Å². The minimum Gasteiger partial charge on any atom is -0.316 e. The van der Waals surface area contributed by atoms with E-state index in [0.29, 0.717) is 18.0 Å². The molecule has 2 unspecified atom stereocenters. The van der Waals surface area contributed by atoms with Gasteiger partial charge >= 0.3 is 0 Å². The fourth-order valence-corrected chi connectivity index (χ4v) is 3.47. The number of nitrogens with one attached hydrogen (secondary N) is 2. The zero-order valence-electron chi connectivity index (χ0n) is 10.4. The van der Waals surface area contributed by atoms with Gasteiger partial charge in [-0.3, -0.25) is 0 Å². The Morgan fingerprint density at radius 3 is 2.67 bits per heavy atom. The molecular weight excluding hydrogens is 255 g/mol. The summed E-state index contributed by atoms with van der Waals surface area (Å²) in [6.07, 6.45) is 0.843. The summed E-state index contributed by atoms with van der Waals surface area (Å²) in [6.45, 7) is 2.37. The summed E-state index contributed by atoms with van der Waals surface area (Å²) in [5.74, 6) is -0.180. The molecule has 0 aromatic heterocycles. The van der Waals surface area contributed by atoms with Gasteiger partial charge in [0.25, 0.3) is 0 Å². The van der Waals surface area contributed by atoms with Crippen molar-refractivity contribution in [3.8, 4) is 0 Å². The summed E-state index contributed by atoms with van der Waals surface area (Å²) < 4.78 is 40.2. The maximum atomic E-state index is 13.2. The Bertz CT molecular complexity index is 545. The highest BCUT2D eigenvalue weighted by molar-refractivity contribution is 7.89. The monoisotopic (exact) mass is 272 g/mol. The predicted molar refractivity (Wildman–Crippen MR) is 67.1 cm³/mol. The third-order valence-corrected chi connectivity index (χ3v) is 4.67. The average Bonchev–Trinajstić information content (AvgIpc) is 2.96. The summed E-state index contributed by atoms with van der Waals surface area (Å²) in [7, 11) is -1.92. The van der Waals surface area contributed by atoms with Crippen LogP contribution in [0.2, 0.25) is 0 Å². The van der Waals surface area contributed by atoms with Crippen LogP contribution in [0, 0.1) is 11.7 Å². The number of hydrogen-bond donors (Lipinski definition) is 2. The Morgan fingerprint density at radius 2 is 2.11 bits per heavy atom. The molecule has 0 saturated heterocycles. The lowest BCUT2D eigenvalue weighted by atomic mass is 10.2. The van der Waals surface area contributed by atoms with Crippen molar-refractivity contribution >= 4 is 10.0 Å². The topological polar surface area (TPSA) is 58.2 Å². The summed E-state index contributed by atoms with van der Waals surface area (Å²) in [5, 5.41) is 2.88. The summed E-state index contributed by atoms with van der Waals surface area (Å²) >= 11 is 0. The molecule has 2 rings (SSSR count). The first kappa shape index (κ1) is 13.5. The van der Waals surface area contributed by atoms with Crippen LogP contribution in [0.1, 0.15) is 18.9 Å². The van der Waals surface area contributed by atoms with E-state index in [1.54, 1.807) is 7.05 Å². The Hall–Kier alpha value is -0.980. The Morgan fingerprint density at radius 1 is 1.44 bits per heavy atom. The van der Waals surface area contributed by atoms with Gasteiger partial charge in [0.1, 0.15) is 5.82 Å². The molecule has 0 heterocycles. The van der Waals surface area contributed by atoms with Crippen LogP contribution in [0.5, 0.6) is 0 Å². The van der Waals surface area contributed by atoms with Gasteiger partial charge in [-0.15, -0.1) is 0 Å². The SMILES string of the molecule is CNCc1ccc(F)cc1S(=O)(=O)NC1CC1C. The molecule has 1 saturated carbocycles. The first-order chi connectivity index (χ1) is 8.44. The molecule has 1 fully saturated rings. The van der Waals surface area contributed by atoms with Gasteiger partial charge < -0.3 is 5.32 Å². The third kappa shape index (κ3) is 2.88. The molecule has 2 atom stereocenters. The van der Waals surface area contributed by atoms with Gasteiger partial charge in [0, 0.05) is 12.6 Å². The van der Waals surface area contributed by atoms with Crippen molar-refractivity contribution in [1.29, 1.82) is 0 Å². The van der Waals surface area contributed by atoms with E-state index in [2.05, 4.69) is 10.0 Å². The molecule has 2 N–H and O–H groups in total. The van der Waals surface area contributed by atoms with Gasteiger partial charge in [0.2, 0.25) is 10.0 Å². The molecular formula is C12H17FN2O2S. The predicted octanol–water partition coefficient (Wildman–Crippen LogP) is 1.23. The molecule has 0 spiro atoms. The van der Waals surface area contributed by atoms with Crippen LogP contribution >= 0.6 is 0 Å². The second-order valence-corrected chi connectivity index (χ2v) is 6.41. The molecule has 1 aliphatic rings. The molecule has 0 radical (unpaired) electrons. The molecule has 0 aliphatic heterocycles. The molecule has 6 heteroatoms. The summed E-state index contributed by atoms with van der Waals surface area (Å²) in [6, 6.07) is 3.82. The fraction of sp³-hybridized carbons (Fsp3) is 0.500. The number of benzene rings is 1. The molecule has 100 valence electrons. The highest BCUT2D eigenvalue weighted by atomic mass is 32.2. The second-order valence-electron chi connectivity index (χ2n) is 4.72. The lowest BCUT2D eigenvalue weighted by Crippen LogP contribution is -2.28. The third-order valence-electron chi connectivity index (χ3n) is 3.10. The average molecular weight is 272 g/mol. The first-order valence-electron chi connectivity index (χ1n) is 5.89. The number of hydrogen-bond acceptors (Lipinski definition) is 3. The Balaban J connectivity index is 2.32. The molecule has 0 amide bonds. The maximum Gasteiger partial charge on any atom is 0.241 e. The van der Waals surface area contributed by atoms with E-state index < -0.39 is 15.8 Å². The lowest BCUT2D eigenvalue weighted by Gasteiger charge is -2.11. The largest absolute Gasteiger partial charge is 0.316 e. The molecule has 18 heavy (non-hydrogen) atoms. The van der Waals surface area contributed by atoms with Gasteiger partial charge in [-0.2, -0.15) is 0 Å². The highest BCUT2D eigenvalue weighted by Gasteiger charge is 2.37. The Kier molecular flexibility index (Phi) is 3.70. The van der Waals surface area contributed by atoms with Crippen LogP contribution in [0.4, 0.5) is 4.39 Å². The second kappa shape index (κ2) is 4.95.